The van der Waals surface area contributed by atoms with Crippen LogP contribution in [0.1, 0.15) is 42.7 Å². The van der Waals surface area contributed by atoms with Crippen molar-refractivity contribution in [2.24, 2.45) is 0 Å². The van der Waals surface area contributed by atoms with Gasteiger partial charge in [-0.15, -0.1) is 0 Å². The van der Waals surface area contributed by atoms with Crippen molar-refractivity contribution >= 4 is 16.7 Å². The standard InChI is InChI=1S/C24H28N4O3/c1-14-23(15-4-5-15)19(12-25-24(14)28-8-6-16(29)7-9-28)18-13-26-27-20-11-22(31-3)21(30-2)10-17(18)20/h10-13,15-16,29H,4-9H2,1-3H3. The maximum atomic E-state index is 9.89. The first-order valence-corrected chi connectivity index (χ1v) is 10.9. The minimum Gasteiger partial charge on any atom is -0.493 e. The summed E-state index contributed by atoms with van der Waals surface area (Å²) >= 11 is 0. The van der Waals surface area contributed by atoms with E-state index in [2.05, 4.69) is 22.0 Å². The Bertz CT molecular complexity index is 1120. The van der Waals surface area contributed by atoms with Gasteiger partial charge in [0.15, 0.2) is 11.5 Å². The lowest BCUT2D eigenvalue weighted by molar-refractivity contribution is 0.145. The van der Waals surface area contributed by atoms with Gasteiger partial charge in [-0.05, 0) is 55.7 Å². The Labute approximate surface area is 182 Å². The molecular weight excluding hydrogens is 392 g/mol. The number of aliphatic hydroxyl groups excluding tert-OH is 1. The maximum Gasteiger partial charge on any atom is 0.162 e. The number of pyridine rings is 1. The van der Waals surface area contributed by atoms with Gasteiger partial charge in [-0.1, -0.05) is 0 Å². The number of aromatic nitrogens is 3. The Kier molecular flexibility index (Phi) is 5.14. The molecule has 0 spiro atoms. The van der Waals surface area contributed by atoms with Gasteiger partial charge in [0.05, 0.1) is 32.0 Å². The van der Waals surface area contributed by atoms with Crippen LogP contribution in [0.2, 0.25) is 0 Å². The van der Waals surface area contributed by atoms with Gasteiger partial charge in [-0.2, -0.15) is 10.2 Å². The molecule has 0 amide bonds. The minimum atomic E-state index is -0.194. The monoisotopic (exact) mass is 420 g/mol. The third kappa shape index (κ3) is 3.57. The Morgan fingerprint density at radius 1 is 0.968 bits per heavy atom. The number of nitrogens with zero attached hydrogens (tertiary/aromatic N) is 4. The molecule has 7 heteroatoms. The molecule has 0 bridgehead atoms. The molecule has 1 aliphatic carbocycles. The van der Waals surface area contributed by atoms with E-state index in [0.29, 0.717) is 17.4 Å². The van der Waals surface area contributed by atoms with E-state index < -0.39 is 0 Å². The Morgan fingerprint density at radius 2 is 1.68 bits per heavy atom. The summed E-state index contributed by atoms with van der Waals surface area (Å²) in [5.41, 5.74) is 5.50. The fourth-order valence-corrected chi connectivity index (χ4v) is 4.72. The van der Waals surface area contributed by atoms with E-state index in [1.807, 2.05) is 24.5 Å². The molecular formula is C24H28N4O3. The molecule has 1 aromatic carbocycles. The number of piperidine rings is 1. The van der Waals surface area contributed by atoms with Crippen LogP contribution in [0.5, 0.6) is 11.5 Å². The number of rotatable bonds is 5. The number of fused-ring (bicyclic) bond motifs is 1. The lowest BCUT2D eigenvalue weighted by Gasteiger charge is -2.32. The highest BCUT2D eigenvalue weighted by Gasteiger charge is 2.32. The van der Waals surface area contributed by atoms with Gasteiger partial charge in [0.2, 0.25) is 0 Å². The second-order valence-corrected chi connectivity index (χ2v) is 8.51. The molecule has 5 rings (SSSR count). The molecule has 1 N–H and O–H groups in total. The van der Waals surface area contributed by atoms with Crippen LogP contribution in [0, 0.1) is 6.92 Å². The molecule has 3 aromatic rings. The average molecular weight is 421 g/mol. The van der Waals surface area contributed by atoms with E-state index in [0.717, 1.165) is 53.8 Å². The van der Waals surface area contributed by atoms with E-state index >= 15 is 0 Å². The van der Waals surface area contributed by atoms with Crippen molar-refractivity contribution in [1.29, 1.82) is 0 Å². The molecule has 1 saturated carbocycles. The van der Waals surface area contributed by atoms with Crippen LogP contribution in [0.25, 0.3) is 22.0 Å². The van der Waals surface area contributed by atoms with Gasteiger partial charge in [0.1, 0.15) is 5.82 Å². The number of anilines is 1. The zero-order valence-corrected chi connectivity index (χ0v) is 18.3. The number of benzene rings is 1. The predicted octanol–water partition coefficient (Wildman–Crippen LogP) is 3.86. The summed E-state index contributed by atoms with van der Waals surface area (Å²) in [7, 11) is 3.27. The molecule has 162 valence electrons. The summed E-state index contributed by atoms with van der Waals surface area (Å²) in [5.74, 6) is 2.91. The van der Waals surface area contributed by atoms with Crippen LogP contribution in [0.3, 0.4) is 0 Å². The van der Waals surface area contributed by atoms with Crippen LogP contribution in [0.15, 0.2) is 24.5 Å². The highest BCUT2D eigenvalue weighted by atomic mass is 16.5. The summed E-state index contributed by atoms with van der Waals surface area (Å²) in [5, 5.41) is 19.5. The van der Waals surface area contributed by atoms with Crippen molar-refractivity contribution < 1.29 is 14.6 Å². The lowest BCUT2D eigenvalue weighted by Crippen LogP contribution is -2.36. The molecule has 0 unspecified atom stereocenters. The summed E-state index contributed by atoms with van der Waals surface area (Å²) < 4.78 is 11.0. The average Bonchev–Trinajstić information content (AvgIpc) is 3.63. The quantitative estimate of drug-likeness (QED) is 0.671. The van der Waals surface area contributed by atoms with E-state index in [1.165, 1.54) is 24.0 Å². The highest BCUT2D eigenvalue weighted by Crippen LogP contribution is 2.48. The first-order valence-electron chi connectivity index (χ1n) is 10.9. The largest absolute Gasteiger partial charge is 0.493 e. The smallest absolute Gasteiger partial charge is 0.162 e. The molecule has 2 aromatic heterocycles. The second-order valence-electron chi connectivity index (χ2n) is 8.51. The van der Waals surface area contributed by atoms with Gasteiger partial charge in [0, 0.05) is 41.9 Å². The minimum absolute atomic E-state index is 0.194. The van der Waals surface area contributed by atoms with E-state index in [-0.39, 0.29) is 6.10 Å². The SMILES string of the molecule is COc1cc2nncc(-c3cnc(N4CCC(O)CC4)c(C)c3C3CC3)c2cc1OC. The first kappa shape index (κ1) is 20.0. The van der Waals surface area contributed by atoms with E-state index in [1.54, 1.807) is 14.2 Å². The predicted molar refractivity (Wildman–Crippen MR) is 120 cm³/mol. The molecule has 2 fully saturated rings. The first-order chi connectivity index (χ1) is 15.1. The molecule has 3 heterocycles. The van der Waals surface area contributed by atoms with Crippen LogP contribution in [-0.2, 0) is 0 Å². The number of aliphatic hydroxyl groups is 1. The second kappa shape index (κ2) is 7.96. The zero-order valence-electron chi connectivity index (χ0n) is 18.3. The Morgan fingerprint density at radius 3 is 2.35 bits per heavy atom. The highest BCUT2D eigenvalue weighted by molar-refractivity contribution is 5.97. The summed E-state index contributed by atoms with van der Waals surface area (Å²) in [4.78, 5) is 7.21. The number of ether oxygens (including phenoxy) is 2. The van der Waals surface area contributed by atoms with Crippen LogP contribution in [-0.4, -0.2) is 53.7 Å². The van der Waals surface area contributed by atoms with Crippen molar-refractivity contribution in [3.8, 4) is 22.6 Å². The molecule has 0 atom stereocenters. The third-order valence-corrected chi connectivity index (χ3v) is 6.53. The van der Waals surface area contributed by atoms with Crippen molar-refractivity contribution in [2.45, 2.75) is 44.6 Å². The fraction of sp³-hybridized carbons (Fsp3) is 0.458. The number of methoxy groups -OCH3 is 2. The van der Waals surface area contributed by atoms with Gasteiger partial charge < -0.3 is 19.5 Å². The van der Waals surface area contributed by atoms with E-state index in [4.69, 9.17) is 14.5 Å². The van der Waals surface area contributed by atoms with E-state index in [9.17, 15) is 5.11 Å². The van der Waals surface area contributed by atoms with Crippen molar-refractivity contribution in [1.82, 2.24) is 15.2 Å². The summed E-state index contributed by atoms with van der Waals surface area (Å²) in [6.07, 6.45) is 7.61. The summed E-state index contributed by atoms with van der Waals surface area (Å²) in [6.45, 7) is 3.87. The van der Waals surface area contributed by atoms with Crippen LogP contribution in [0.4, 0.5) is 5.82 Å². The molecule has 2 aliphatic rings. The van der Waals surface area contributed by atoms with Gasteiger partial charge in [-0.25, -0.2) is 4.98 Å². The maximum absolute atomic E-state index is 9.89. The Balaban J connectivity index is 1.65. The zero-order chi connectivity index (χ0) is 21.5. The van der Waals surface area contributed by atoms with Crippen molar-refractivity contribution in [3.63, 3.8) is 0 Å². The van der Waals surface area contributed by atoms with Gasteiger partial charge >= 0.3 is 0 Å². The van der Waals surface area contributed by atoms with Crippen LogP contribution < -0.4 is 14.4 Å². The fourth-order valence-electron chi connectivity index (χ4n) is 4.72. The molecule has 0 radical (unpaired) electrons. The molecule has 1 saturated heterocycles. The molecule has 7 nitrogen and oxygen atoms in total. The molecule has 1 aliphatic heterocycles. The third-order valence-electron chi connectivity index (χ3n) is 6.53. The van der Waals surface area contributed by atoms with Crippen molar-refractivity contribution in [3.05, 3.63) is 35.7 Å². The number of hydrogen-bond donors (Lipinski definition) is 1. The molecule has 31 heavy (non-hydrogen) atoms. The van der Waals surface area contributed by atoms with Gasteiger partial charge in [0.25, 0.3) is 0 Å². The van der Waals surface area contributed by atoms with Crippen LogP contribution >= 0.6 is 0 Å². The lowest BCUT2D eigenvalue weighted by atomic mass is 9.93. The topological polar surface area (TPSA) is 80.6 Å². The van der Waals surface area contributed by atoms with Gasteiger partial charge in [-0.3, -0.25) is 0 Å². The van der Waals surface area contributed by atoms with Crippen molar-refractivity contribution in [2.75, 3.05) is 32.2 Å². The number of hydrogen-bond acceptors (Lipinski definition) is 7. The summed E-state index contributed by atoms with van der Waals surface area (Å²) in [6, 6.07) is 3.85. The Hall–Kier alpha value is -2.93. The normalized spacial score (nSPS) is 17.2.